The number of carbonyl (C=O) groups is 2. The molecule has 1 atom stereocenters. The fourth-order valence-corrected chi connectivity index (χ4v) is 2.67. The van der Waals surface area contributed by atoms with Crippen LogP contribution in [-0.4, -0.2) is 38.0 Å². The van der Waals surface area contributed by atoms with E-state index in [0.29, 0.717) is 22.8 Å². The molecule has 0 aliphatic carbocycles. The van der Waals surface area contributed by atoms with Gasteiger partial charge in [-0.1, -0.05) is 6.07 Å². The highest BCUT2D eigenvalue weighted by Gasteiger charge is 2.39. The van der Waals surface area contributed by atoms with Crippen molar-refractivity contribution in [3.63, 3.8) is 0 Å². The Balaban J connectivity index is 2.07. The van der Waals surface area contributed by atoms with Crippen LogP contribution in [0.3, 0.4) is 0 Å². The van der Waals surface area contributed by atoms with E-state index >= 15 is 0 Å². The van der Waals surface area contributed by atoms with E-state index in [9.17, 15) is 14.7 Å². The third-order valence-electron chi connectivity index (χ3n) is 3.93. The Hall–Kier alpha value is -3.22. The van der Waals surface area contributed by atoms with E-state index in [1.807, 2.05) is 0 Å². The van der Waals surface area contributed by atoms with Crippen molar-refractivity contribution in [1.29, 1.82) is 0 Å². The van der Waals surface area contributed by atoms with Gasteiger partial charge in [0.1, 0.15) is 22.8 Å². The van der Waals surface area contributed by atoms with Crippen LogP contribution in [0.4, 0.5) is 0 Å². The summed E-state index contributed by atoms with van der Waals surface area (Å²) in [4.78, 5) is 24.9. The first-order valence-corrected chi connectivity index (χ1v) is 7.38. The molecule has 3 rings (SSSR count). The summed E-state index contributed by atoms with van der Waals surface area (Å²) in [6.07, 6.45) is -1.15. The number of fused-ring (bicyclic) bond motifs is 1. The summed E-state index contributed by atoms with van der Waals surface area (Å²) in [6.45, 7) is 0. The lowest BCUT2D eigenvalue weighted by atomic mass is 9.94. The fourth-order valence-electron chi connectivity index (χ4n) is 2.67. The number of rotatable bonds is 4. The number of benzene rings is 2. The monoisotopic (exact) mass is 344 g/mol. The van der Waals surface area contributed by atoms with Crippen molar-refractivity contribution in [2.24, 2.45) is 0 Å². The van der Waals surface area contributed by atoms with Gasteiger partial charge in [0, 0.05) is 17.7 Å². The van der Waals surface area contributed by atoms with E-state index in [1.165, 1.54) is 33.5 Å². The molecule has 0 spiro atoms. The van der Waals surface area contributed by atoms with E-state index in [4.69, 9.17) is 18.9 Å². The first-order valence-electron chi connectivity index (χ1n) is 7.38. The van der Waals surface area contributed by atoms with Gasteiger partial charge in [0.25, 0.3) is 0 Å². The Bertz CT molecular complexity index is 857. The SMILES string of the molecule is COc1cc(O)c2c(c1)OC(c1ccc(OC)c(OC)c1)C(=O)C2=O. The number of hydrogen-bond acceptors (Lipinski definition) is 7. The summed E-state index contributed by atoms with van der Waals surface area (Å²) in [5, 5.41) is 9.99. The average Bonchev–Trinajstić information content (AvgIpc) is 2.63. The van der Waals surface area contributed by atoms with Gasteiger partial charge in [-0.05, 0) is 12.1 Å². The van der Waals surface area contributed by atoms with Crippen molar-refractivity contribution >= 4 is 11.6 Å². The van der Waals surface area contributed by atoms with Crippen LogP contribution in [-0.2, 0) is 4.79 Å². The lowest BCUT2D eigenvalue weighted by Gasteiger charge is -2.25. The van der Waals surface area contributed by atoms with Crippen molar-refractivity contribution in [3.05, 3.63) is 41.5 Å². The van der Waals surface area contributed by atoms with Crippen LogP contribution in [0.25, 0.3) is 0 Å². The zero-order valence-electron chi connectivity index (χ0n) is 13.9. The minimum absolute atomic E-state index is 0.0845. The molecule has 0 fully saturated rings. The van der Waals surface area contributed by atoms with Gasteiger partial charge in [0.15, 0.2) is 17.6 Å². The minimum atomic E-state index is -1.15. The van der Waals surface area contributed by atoms with Gasteiger partial charge in [-0.2, -0.15) is 0 Å². The predicted molar refractivity (Wildman–Crippen MR) is 86.9 cm³/mol. The van der Waals surface area contributed by atoms with Crippen LogP contribution >= 0.6 is 0 Å². The number of methoxy groups -OCH3 is 3. The molecule has 130 valence electrons. The lowest BCUT2D eigenvalue weighted by molar-refractivity contribution is -0.122. The third-order valence-corrected chi connectivity index (χ3v) is 3.93. The maximum Gasteiger partial charge on any atom is 0.248 e. The summed E-state index contributed by atoms with van der Waals surface area (Å²) in [6, 6.07) is 7.51. The highest BCUT2D eigenvalue weighted by molar-refractivity contribution is 6.47. The second kappa shape index (κ2) is 6.35. The normalized spacial score (nSPS) is 16.0. The molecule has 0 aromatic heterocycles. The maximum absolute atomic E-state index is 12.5. The number of hydrogen-bond donors (Lipinski definition) is 1. The van der Waals surface area contributed by atoms with Crippen molar-refractivity contribution in [2.45, 2.75) is 6.10 Å². The molecule has 0 amide bonds. The van der Waals surface area contributed by atoms with E-state index in [-0.39, 0.29) is 17.1 Å². The van der Waals surface area contributed by atoms with Crippen molar-refractivity contribution in [2.75, 3.05) is 21.3 Å². The summed E-state index contributed by atoms with van der Waals surface area (Å²) >= 11 is 0. The third kappa shape index (κ3) is 2.73. The number of ether oxygens (including phenoxy) is 4. The molecule has 0 saturated heterocycles. The molecular formula is C18H16O7. The molecule has 1 heterocycles. The van der Waals surface area contributed by atoms with Gasteiger partial charge >= 0.3 is 0 Å². The molecule has 25 heavy (non-hydrogen) atoms. The molecule has 1 unspecified atom stereocenters. The van der Waals surface area contributed by atoms with Crippen LogP contribution in [0.5, 0.6) is 28.7 Å². The molecular weight excluding hydrogens is 328 g/mol. The Kier molecular flexibility index (Phi) is 4.22. The van der Waals surface area contributed by atoms with Crippen molar-refractivity contribution in [1.82, 2.24) is 0 Å². The highest BCUT2D eigenvalue weighted by Crippen LogP contribution is 2.41. The quantitative estimate of drug-likeness (QED) is 0.851. The molecule has 0 bridgehead atoms. The van der Waals surface area contributed by atoms with E-state index in [0.717, 1.165) is 0 Å². The highest BCUT2D eigenvalue weighted by atomic mass is 16.5. The standard InChI is InChI=1S/C18H16O7/c1-22-10-7-11(19)15-14(8-10)25-18(17(21)16(15)20)9-4-5-12(23-2)13(6-9)24-3/h4-8,18-19H,1-3H3. The summed E-state index contributed by atoms with van der Waals surface area (Å²) in [5.41, 5.74) is 0.270. The smallest absolute Gasteiger partial charge is 0.248 e. The fraction of sp³-hybridized carbons (Fsp3) is 0.222. The van der Waals surface area contributed by atoms with Gasteiger partial charge in [-0.25, -0.2) is 0 Å². The van der Waals surface area contributed by atoms with Crippen LogP contribution in [0.2, 0.25) is 0 Å². The second-order valence-corrected chi connectivity index (χ2v) is 5.33. The van der Waals surface area contributed by atoms with Gasteiger partial charge in [0.2, 0.25) is 11.6 Å². The van der Waals surface area contributed by atoms with Gasteiger partial charge in [0.05, 0.1) is 21.3 Å². The first-order chi connectivity index (χ1) is 12.0. The number of ketones is 2. The summed E-state index contributed by atoms with van der Waals surface area (Å²) in [5.74, 6) is -0.672. The Morgan fingerprint density at radius 1 is 0.960 bits per heavy atom. The molecule has 2 aromatic rings. The predicted octanol–water partition coefficient (Wildman–Crippen LogP) is 2.30. The molecule has 0 radical (unpaired) electrons. The summed E-state index contributed by atoms with van der Waals surface area (Å²) in [7, 11) is 4.38. The number of Topliss-reactive ketones (excluding diaryl/α,β-unsaturated/α-hetero) is 2. The van der Waals surface area contributed by atoms with Crippen LogP contribution in [0.1, 0.15) is 22.0 Å². The van der Waals surface area contributed by atoms with Crippen LogP contribution in [0.15, 0.2) is 30.3 Å². The number of phenols is 1. The lowest BCUT2D eigenvalue weighted by Crippen LogP contribution is -2.31. The van der Waals surface area contributed by atoms with Crippen LogP contribution in [0, 0.1) is 0 Å². The Morgan fingerprint density at radius 3 is 2.32 bits per heavy atom. The minimum Gasteiger partial charge on any atom is -0.507 e. The number of aromatic hydroxyl groups is 1. The summed E-state index contributed by atoms with van der Waals surface area (Å²) < 4.78 is 21.1. The number of carbonyl (C=O) groups excluding carboxylic acids is 2. The van der Waals surface area contributed by atoms with Crippen LogP contribution < -0.4 is 18.9 Å². The zero-order valence-corrected chi connectivity index (χ0v) is 13.9. The van der Waals surface area contributed by atoms with E-state index in [2.05, 4.69) is 0 Å². The molecule has 1 N–H and O–H groups in total. The van der Waals surface area contributed by atoms with Gasteiger partial charge < -0.3 is 24.1 Å². The van der Waals surface area contributed by atoms with E-state index < -0.39 is 17.7 Å². The molecule has 2 aromatic carbocycles. The Morgan fingerprint density at radius 2 is 1.68 bits per heavy atom. The number of phenolic OH excluding ortho intramolecular Hbond substituents is 1. The first kappa shape index (κ1) is 16.6. The van der Waals surface area contributed by atoms with Crippen molar-refractivity contribution < 1.29 is 33.6 Å². The van der Waals surface area contributed by atoms with Gasteiger partial charge in [-0.15, -0.1) is 0 Å². The molecule has 0 saturated carbocycles. The average molecular weight is 344 g/mol. The van der Waals surface area contributed by atoms with Crippen molar-refractivity contribution in [3.8, 4) is 28.7 Å². The van der Waals surface area contributed by atoms with Gasteiger partial charge in [-0.3, -0.25) is 9.59 Å². The second-order valence-electron chi connectivity index (χ2n) is 5.33. The molecule has 7 nitrogen and oxygen atoms in total. The zero-order chi connectivity index (χ0) is 18.1. The topological polar surface area (TPSA) is 91.3 Å². The molecule has 1 aliphatic rings. The molecule has 7 heteroatoms. The largest absolute Gasteiger partial charge is 0.507 e. The molecule has 1 aliphatic heterocycles. The van der Waals surface area contributed by atoms with E-state index in [1.54, 1.807) is 18.2 Å². The Labute approximate surface area is 143 Å². The maximum atomic E-state index is 12.5.